The lowest BCUT2D eigenvalue weighted by Gasteiger charge is -2.19. The van der Waals surface area contributed by atoms with Crippen molar-refractivity contribution in [1.82, 2.24) is 14.7 Å². The summed E-state index contributed by atoms with van der Waals surface area (Å²) in [6.07, 6.45) is 3.85. The summed E-state index contributed by atoms with van der Waals surface area (Å²) in [5.74, 6) is -0.293. The van der Waals surface area contributed by atoms with Crippen LogP contribution in [0.1, 0.15) is 11.4 Å². The van der Waals surface area contributed by atoms with Crippen LogP contribution in [0.15, 0.2) is 30.5 Å². The molecule has 0 radical (unpaired) electrons. The molecule has 4 nitrogen and oxygen atoms in total. The van der Waals surface area contributed by atoms with E-state index < -0.39 is 0 Å². The minimum atomic E-state index is -0.293. The standard InChI is InChI=1S/C14H11FN4/c1-18-7-6-13-14(10-2-4-11(15)5-3-10)12(8-16)17-19(13)9-18/h2-7H,9H2,1H3. The third-order valence-electron chi connectivity index (χ3n) is 3.07. The lowest BCUT2D eigenvalue weighted by molar-refractivity contribution is 0.333. The van der Waals surface area contributed by atoms with Gasteiger partial charge in [0.05, 0.1) is 5.69 Å². The van der Waals surface area contributed by atoms with Crippen molar-refractivity contribution < 1.29 is 4.39 Å². The van der Waals surface area contributed by atoms with E-state index in [2.05, 4.69) is 11.2 Å². The van der Waals surface area contributed by atoms with Crippen molar-refractivity contribution in [3.63, 3.8) is 0 Å². The van der Waals surface area contributed by atoms with Gasteiger partial charge in [-0.05, 0) is 23.8 Å². The number of hydrogen-bond acceptors (Lipinski definition) is 3. The highest BCUT2D eigenvalue weighted by Crippen LogP contribution is 2.30. The van der Waals surface area contributed by atoms with E-state index in [9.17, 15) is 9.65 Å². The molecule has 1 aliphatic heterocycles. The number of rotatable bonds is 1. The van der Waals surface area contributed by atoms with Crippen molar-refractivity contribution in [1.29, 1.82) is 5.26 Å². The van der Waals surface area contributed by atoms with E-state index in [-0.39, 0.29) is 5.82 Å². The van der Waals surface area contributed by atoms with Crippen LogP contribution in [0.2, 0.25) is 0 Å². The Hall–Kier alpha value is -2.61. The second kappa shape index (κ2) is 4.25. The molecule has 0 atom stereocenters. The van der Waals surface area contributed by atoms with E-state index in [4.69, 9.17) is 0 Å². The maximum atomic E-state index is 13.0. The lowest BCUT2D eigenvalue weighted by Crippen LogP contribution is -2.21. The molecule has 0 bridgehead atoms. The van der Waals surface area contributed by atoms with E-state index >= 15 is 0 Å². The zero-order valence-corrected chi connectivity index (χ0v) is 10.3. The van der Waals surface area contributed by atoms with Crippen LogP contribution in [0.4, 0.5) is 4.39 Å². The summed E-state index contributed by atoms with van der Waals surface area (Å²) < 4.78 is 14.8. The molecule has 1 aliphatic rings. The van der Waals surface area contributed by atoms with Gasteiger partial charge in [-0.2, -0.15) is 10.4 Å². The van der Waals surface area contributed by atoms with Crippen LogP contribution in [0.3, 0.4) is 0 Å². The molecular formula is C14H11FN4. The topological polar surface area (TPSA) is 44.9 Å². The van der Waals surface area contributed by atoms with Gasteiger partial charge in [-0.1, -0.05) is 12.1 Å². The fraction of sp³-hybridized carbons (Fsp3) is 0.143. The number of aromatic nitrogens is 2. The van der Waals surface area contributed by atoms with Crippen LogP contribution < -0.4 is 0 Å². The molecule has 2 aromatic rings. The highest BCUT2D eigenvalue weighted by Gasteiger charge is 2.20. The highest BCUT2D eigenvalue weighted by molar-refractivity contribution is 5.78. The molecule has 5 heteroatoms. The minimum absolute atomic E-state index is 0.293. The Morgan fingerprint density at radius 2 is 2.05 bits per heavy atom. The molecule has 0 N–H and O–H groups in total. The highest BCUT2D eigenvalue weighted by atomic mass is 19.1. The van der Waals surface area contributed by atoms with Gasteiger partial charge in [0.15, 0.2) is 5.69 Å². The van der Waals surface area contributed by atoms with Gasteiger partial charge in [0, 0.05) is 18.8 Å². The second-order valence-electron chi connectivity index (χ2n) is 4.44. The maximum Gasteiger partial charge on any atom is 0.171 e. The van der Waals surface area contributed by atoms with Crippen molar-refractivity contribution in [2.45, 2.75) is 6.67 Å². The van der Waals surface area contributed by atoms with Crippen molar-refractivity contribution in [2.24, 2.45) is 0 Å². The Balaban J connectivity index is 2.20. The average Bonchev–Trinajstić information content (AvgIpc) is 2.77. The number of hydrogen-bond donors (Lipinski definition) is 0. The Morgan fingerprint density at radius 1 is 1.32 bits per heavy atom. The summed E-state index contributed by atoms with van der Waals surface area (Å²) in [5, 5.41) is 13.5. The first-order valence-corrected chi connectivity index (χ1v) is 5.84. The summed E-state index contributed by atoms with van der Waals surface area (Å²) in [4.78, 5) is 1.97. The molecule has 0 fully saturated rings. The third-order valence-corrected chi connectivity index (χ3v) is 3.07. The minimum Gasteiger partial charge on any atom is -0.361 e. The van der Waals surface area contributed by atoms with E-state index in [0.717, 1.165) is 16.8 Å². The fourth-order valence-corrected chi connectivity index (χ4v) is 2.19. The van der Waals surface area contributed by atoms with Gasteiger partial charge < -0.3 is 4.90 Å². The van der Waals surface area contributed by atoms with Gasteiger partial charge in [0.25, 0.3) is 0 Å². The molecule has 1 aromatic carbocycles. The number of halogens is 1. The van der Waals surface area contributed by atoms with E-state index in [1.165, 1.54) is 12.1 Å². The van der Waals surface area contributed by atoms with E-state index in [1.54, 1.807) is 16.8 Å². The number of fused-ring (bicyclic) bond motifs is 1. The third kappa shape index (κ3) is 1.87. The SMILES string of the molecule is CN1C=Cc2c(-c3ccc(F)cc3)c(C#N)nn2C1. The molecule has 19 heavy (non-hydrogen) atoms. The molecule has 0 saturated carbocycles. The summed E-state index contributed by atoms with van der Waals surface area (Å²) in [6, 6.07) is 8.21. The van der Waals surface area contributed by atoms with Gasteiger partial charge in [-0.3, -0.25) is 0 Å². The number of nitrogens with zero attached hydrogens (tertiary/aromatic N) is 4. The van der Waals surface area contributed by atoms with E-state index in [1.807, 2.05) is 24.2 Å². The molecule has 94 valence electrons. The van der Waals surface area contributed by atoms with Gasteiger partial charge in [0.2, 0.25) is 0 Å². The van der Waals surface area contributed by atoms with Gasteiger partial charge >= 0.3 is 0 Å². The zero-order chi connectivity index (χ0) is 13.4. The molecule has 0 aliphatic carbocycles. The molecule has 0 spiro atoms. The monoisotopic (exact) mass is 254 g/mol. The molecule has 3 rings (SSSR count). The Labute approximate surface area is 110 Å². The van der Waals surface area contributed by atoms with Crippen molar-refractivity contribution in [2.75, 3.05) is 7.05 Å². The smallest absolute Gasteiger partial charge is 0.171 e. The predicted molar refractivity (Wildman–Crippen MR) is 69.1 cm³/mol. The summed E-state index contributed by atoms with van der Waals surface area (Å²) in [7, 11) is 1.94. The van der Waals surface area contributed by atoms with Crippen LogP contribution in [0.5, 0.6) is 0 Å². The average molecular weight is 254 g/mol. The first-order valence-electron chi connectivity index (χ1n) is 5.84. The molecule has 0 amide bonds. The lowest BCUT2D eigenvalue weighted by atomic mass is 10.0. The normalized spacial score (nSPS) is 13.2. The molecule has 0 saturated heterocycles. The fourth-order valence-electron chi connectivity index (χ4n) is 2.19. The van der Waals surface area contributed by atoms with E-state index in [0.29, 0.717) is 12.4 Å². The number of nitriles is 1. The largest absolute Gasteiger partial charge is 0.361 e. The Kier molecular flexibility index (Phi) is 2.57. The van der Waals surface area contributed by atoms with Gasteiger partial charge in [-0.15, -0.1) is 0 Å². The van der Waals surface area contributed by atoms with Gasteiger partial charge in [0.1, 0.15) is 18.6 Å². The quantitative estimate of drug-likeness (QED) is 0.785. The molecule has 2 heterocycles. The van der Waals surface area contributed by atoms with Gasteiger partial charge in [-0.25, -0.2) is 9.07 Å². The first kappa shape index (κ1) is 11.5. The molecule has 1 aromatic heterocycles. The summed E-state index contributed by atoms with van der Waals surface area (Å²) in [5.41, 5.74) is 2.79. The maximum absolute atomic E-state index is 13.0. The van der Waals surface area contributed by atoms with Crippen molar-refractivity contribution in [3.8, 4) is 17.2 Å². The Bertz CT molecular complexity index is 691. The predicted octanol–water partition coefficient (Wildman–Crippen LogP) is 2.43. The molecule has 0 unspecified atom stereocenters. The number of benzene rings is 1. The van der Waals surface area contributed by atoms with Crippen molar-refractivity contribution >= 4 is 6.08 Å². The molecular weight excluding hydrogens is 243 g/mol. The van der Waals surface area contributed by atoms with Crippen LogP contribution in [0, 0.1) is 17.1 Å². The van der Waals surface area contributed by atoms with Crippen LogP contribution in [-0.4, -0.2) is 21.7 Å². The summed E-state index contributed by atoms with van der Waals surface area (Å²) >= 11 is 0. The Morgan fingerprint density at radius 3 is 2.74 bits per heavy atom. The second-order valence-corrected chi connectivity index (χ2v) is 4.44. The van der Waals surface area contributed by atoms with Crippen LogP contribution in [0.25, 0.3) is 17.2 Å². The van der Waals surface area contributed by atoms with Crippen LogP contribution in [-0.2, 0) is 6.67 Å². The first-order chi connectivity index (χ1) is 9.19. The summed E-state index contributed by atoms with van der Waals surface area (Å²) in [6.45, 7) is 0.599. The zero-order valence-electron chi connectivity index (χ0n) is 10.3. The van der Waals surface area contributed by atoms with Crippen LogP contribution >= 0.6 is 0 Å². The van der Waals surface area contributed by atoms with Crippen molar-refractivity contribution in [3.05, 3.63) is 47.7 Å².